The fourth-order valence-corrected chi connectivity index (χ4v) is 3.39. The van der Waals surface area contributed by atoms with Gasteiger partial charge in [0.2, 0.25) is 0 Å². The lowest BCUT2D eigenvalue weighted by atomic mass is 9.99. The lowest BCUT2D eigenvalue weighted by Crippen LogP contribution is -2.27. The first kappa shape index (κ1) is 18.0. The second-order valence-corrected chi connectivity index (χ2v) is 7.65. The zero-order valence-electron chi connectivity index (χ0n) is 14.9. The predicted octanol–water partition coefficient (Wildman–Crippen LogP) is 5.96. The lowest BCUT2D eigenvalue weighted by Gasteiger charge is -2.28. The molecule has 2 heterocycles. The minimum atomic E-state index is -0.465. The van der Waals surface area contributed by atoms with E-state index < -0.39 is 5.60 Å². The molecule has 0 N–H and O–H groups in total. The summed E-state index contributed by atoms with van der Waals surface area (Å²) in [6.07, 6.45) is 3.83. The second kappa shape index (κ2) is 6.32. The molecule has 27 heavy (non-hydrogen) atoms. The van der Waals surface area contributed by atoms with Crippen LogP contribution in [0.2, 0.25) is 10.0 Å². The molecule has 138 valence electrons. The molecule has 0 spiro atoms. The molecule has 4 rings (SSSR count). The molecular formula is C21H16Cl2O4. The Labute approximate surface area is 165 Å². The van der Waals surface area contributed by atoms with Crippen molar-refractivity contribution in [2.75, 3.05) is 7.11 Å². The summed E-state index contributed by atoms with van der Waals surface area (Å²) < 4.78 is 17.6. The number of hydrogen-bond acceptors (Lipinski definition) is 4. The molecule has 0 atom stereocenters. The maximum Gasteiger partial charge on any atom is 0.197 e. The normalized spacial score (nSPS) is 14.7. The Kier molecular flexibility index (Phi) is 4.21. The molecule has 1 aromatic heterocycles. The summed E-state index contributed by atoms with van der Waals surface area (Å²) in [7, 11) is 1.51. The van der Waals surface area contributed by atoms with Crippen molar-refractivity contribution in [1.29, 1.82) is 0 Å². The molecule has 0 saturated heterocycles. The van der Waals surface area contributed by atoms with Crippen LogP contribution in [0.25, 0.3) is 28.4 Å². The van der Waals surface area contributed by atoms with Crippen LogP contribution in [0.1, 0.15) is 19.4 Å². The van der Waals surface area contributed by atoms with Gasteiger partial charge in [0, 0.05) is 17.7 Å². The van der Waals surface area contributed by atoms with Crippen LogP contribution in [0.3, 0.4) is 0 Å². The van der Waals surface area contributed by atoms with E-state index in [9.17, 15) is 4.79 Å². The SMILES string of the molecule is COc1cc2c(c3oc(-c4ccc(Cl)c(Cl)c4)cc(=O)c13)C=CC(C)(C)O2. The molecule has 0 aliphatic carbocycles. The second-order valence-electron chi connectivity index (χ2n) is 6.84. The van der Waals surface area contributed by atoms with Gasteiger partial charge in [0.25, 0.3) is 0 Å². The van der Waals surface area contributed by atoms with Gasteiger partial charge >= 0.3 is 0 Å². The molecule has 0 unspecified atom stereocenters. The first-order chi connectivity index (χ1) is 12.8. The third-order valence-electron chi connectivity index (χ3n) is 4.41. The molecule has 2 aromatic carbocycles. The average molecular weight is 403 g/mol. The summed E-state index contributed by atoms with van der Waals surface area (Å²) in [4.78, 5) is 12.9. The fourth-order valence-electron chi connectivity index (χ4n) is 3.09. The number of hydrogen-bond donors (Lipinski definition) is 0. The Hall–Kier alpha value is -2.43. The fraction of sp³-hybridized carbons (Fsp3) is 0.190. The molecule has 0 saturated carbocycles. The number of rotatable bonds is 2. The first-order valence-corrected chi connectivity index (χ1v) is 9.07. The first-order valence-electron chi connectivity index (χ1n) is 8.31. The van der Waals surface area contributed by atoms with Crippen LogP contribution >= 0.6 is 23.2 Å². The van der Waals surface area contributed by atoms with Gasteiger partial charge in [-0.1, -0.05) is 23.2 Å². The van der Waals surface area contributed by atoms with E-state index in [1.165, 1.54) is 13.2 Å². The van der Waals surface area contributed by atoms with Gasteiger partial charge in [0.15, 0.2) is 11.0 Å². The molecule has 1 aliphatic rings. The molecule has 0 bridgehead atoms. The topological polar surface area (TPSA) is 48.7 Å². The van der Waals surface area contributed by atoms with Crippen LogP contribution < -0.4 is 14.9 Å². The van der Waals surface area contributed by atoms with Crippen molar-refractivity contribution < 1.29 is 13.9 Å². The van der Waals surface area contributed by atoms with Crippen molar-refractivity contribution in [2.24, 2.45) is 0 Å². The molecule has 4 nitrogen and oxygen atoms in total. The van der Waals surface area contributed by atoms with Crippen molar-refractivity contribution >= 4 is 40.2 Å². The number of halogens is 2. The summed E-state index contributed by atoms with van der Waals surface area (Å²) in [5.74, 6) is 1.39. The van der Waals surface area contributed by atoms with E-state index in [1.807, 2.05) is 26.0 Å². The van der Waals surface area contributed by atoms with Gasteiger partial charge in [-0.25, -0.2) is 0 Å². The standard InChI is InChI=1S/C21H16Cl2O4/c1-21(2)7-6-12-17(27-21)10-18(25-3)19-15(24)9-16(26-20(12)19)11-4-5-13(22)14(23)8-11/h4-10H,1-3H3. The maximum absolute atomic E-state index is 12.9. The van der Waals surface area contributed by atoms with Crippen LogP contribution in [-0.4, -0.2) is 12.7 Å². The zero-order valence-corrected chi connectivity index (χ0v) is 16.4. The highest BCUT2D eigenvalue weighted by molar-refractivity contribution is 6.42. The van der Waals surface area contributed by atoms with Gasteiger partial charge in [-0.3, -0.25) is 4.79 Å². The minimum Gasteiger partial charge on any atom is -0.496 e. The lowest BCUT2D eigenvalue weighted by molar-refractivity contribution is 0.158. The van der Waals surface area contributed by atoms with Gasteiger partial charge in [-0.05, 0) is 44.2 Å². The van der Waals surface area contributed by atoms with Crippen LogP contribution in [0, 0.1) is 0 Å². The Morgan fingerprint density at radius 2 is 1.85 bits per heavy atom. The summed E-state index contributed by atoms with van der Waals surface area (Å²) in [5, 5.41) is 1.18. The van der Waals surface area contributed by atoms with Crippen LogP contribution in [-0.2, 0) is 0 Å². The Bertz CT molecular complexity index is 1160. The summed E-state index contributed by atoms with van der Waals surface area (Å²) in [5.41, 5.74) is 1.08. The van der Waals surface area contributed by atoms with Gasteiger partial charge in [0.05, 0.1) is 22.7 Å². The quantitative estimate of drug-likeness (QED) is 0.530. The molecule has 0 radical (unpaired) electrons. The Morgan fingerprint density at radius 1 is 1.07 bits per heavy atom. The summed E-state index contributed by atoms with van der Waals surface area (Å²) in [6.45, 7) is 3.90. The predicted molar refractivity (Wildman–Crippen MR) is 108 cm³/mol. The van der Waals surface area contributed by atoms with Crippen LogP contribution in [0.15, 0.2) is 45.6 Å². The number of ether oxygens (including phenoxy) is 2. The van der Waals surface area contributed by atoms with Gasteiger partial charge in [-0.15, -0.1) is 0 Å². The summed E-state index contributed by atoms with van der Waals surface area (Å²) in [6, 6.07) is 8.22. The third-order valence-corrected chi connectivity index (χ3v) is 5.15. The molecular weight excluding hydrogens is 387 g/mol. The smallest absolute Gasteiger partial charge is 0.197 e. The minimum absolute atomic E-state index is 0.213. The van der Waals surface area contributed by atoms with E-state index in [4.69, 9.17) is 37.1 Å². The van der Waals surface area contributed by atoms with E-state index >= 15 is 0 Å². The van der Waals surface area contributed by atoms with Gasteiger partial charge in [-0.2, -0.15) is 0 Å². The van der Waals surface area contributed by atoms with Crippen molar-refractivity contribution in [2.45, 2.75) is 19.4 Å². The number of fused-ring (bicyclic) bond motifs is 3. The van der Waals surface area contributed by atoms with E-state index in [-0.39, 0.29) is 5.43 Å². The molecule has 0 fully saturated rings. The molecule has 3 aromatic rings. The Morgan fingerprint density at radius 3 is 2.56 bits per heavy atom. The van der Waals surface area contributed by atoms with E-state index in [0.29, 0.717) is 49.4 Å². The highest BCUT2D eigenvalue weighted by Gasteiger charge is 2.26. The Balaban J connectivity index is 2.03. The highest BCUT2D eigenvalue weighted by Crippen LogP contribution is 2.41. The highest BCUT2D eigenvalue weighted by atomic mass is 35.5. The van der Waals surface area contributed by atoms with E-state index in [0.717, 1.165) is 0 Å². The molecule has 6 heteroatoms. The zero-order chi connectivity index (χ0) is 19.3. The van der Waals surface area contributed by atoms with E-state index in [2.05, 4.69) is 0 Å². The van der Waals surface area contributed by atoms with Crippen LogP contribution in [0.4, 0.5) is 0 Å². The monoisotopic (exact) mass is 402 g/mol. The maximum atomic E-state index is 12.9. The number of methoxy groups -OCH3 is 1. The van der Waals surface area contributed by atoms with Gasteiger partial charge < -0.3 is 13.9 Å². The van der Waals surface area contributed by atoms with Crippen molar-refractivity contribution in [3.8, 4) is 22.8 Å². The van der Waals surface area contributed by atoms with Crippen LogP contribution in [0.5, 0.6) is 11.5 Å². The largest absolute Gasteiger partial charge is 0.496 e. The number of benzene rings is 2. The average Bonchev–Trinajstić information content (AvgIpc) is 2.61. The van der Waals surface area contributed by atoms with Gasteiger partial charge in [0.1, 0.15) is 28.2 Å². The van der Waals surface area contributed by atoms with Crippen molar-refractivity contribution in [3.63, 3.8) is 0 Å². The third kappa shape index (κ3) is 3.09. The van der Waals surface area contributed by atoms with Crippen molar-refractivity contribution in [3.05, 3.63) is 62.2 Å². The van der Waals surface area contributed by atoms with Crippen molar-refractivity contribution in [1.82, 2.24) is 0 Å². The summed E-state index contributed by atoms with van der Waals surface area (Å²) >= 11 is 12.1. The molecule has 0 amide bonds. The molecule has 1 aliphatic heterocycles. The van der Waals surface area contributed by atoms with E-state index in [1.54, 1.807) is 24.3 Å².